The smallest absolute Gasteiger partial charge is 0.267 e. The van der Waals surface area contributed by atoms with E-state index < -0.39 is 0 Å². The Bertz CT molecular complexity index is 1130. The maximum absolute atomic E-state index is 13.0. The van der Waals surface area contributed by atoms with Crippen molar-refractivity contribution < 1.29 is 9.53 Å². The molecule has 4 rings (SSSR count). The van der Waals surface area contributed by atoms with Crippen LogP contribution < -0.4 is 4.74 Å². The molecule has 0 spiro atoms. The predicted octanol–water partition coefficient (Wildman–Crippen LogP) is 5.64. The summed E-state index contributed by atoms with van der Waals surface area (Å²) in [5.41, 5.74) is 1.78. The first-order valence-electron chi connectivity index (χ1n) is 9.22. The molecular weight excluding hydrogens is 380 g/mol. The molecule has 3 aromatic rings. The average molecular weight is 401 g/mol. The Hall–Kier alpha value is -3.31. The third-order valence-corrected chi connectivity index (χ3v) is 5.60. The van der Waals surface area contributed by atoms with Crippen LogP contribution >= 0.6 is 11.8 Å². The van der Waals surface area contributed by atoms with Gasteiger partial charge in [-0.2, -0.15) is 0 Å². The zero-order valence-corrected chi connectivity index (χ0v) is 16.9. The van der Waals surface area contributed by atoms with Crippen LogP contribution in [0.1, 0.15) is 5.56 Å². The minimum atomic E-state index is -0.0651. The molecule has 29 heavy (non-hydrogen) atoms. The fraction of sp³-hybridized carbons (Fsp3) is 0.0833. The number of thioether (sulfide) groups is 1. The lowest BCUT2D eigenvalue weighted by atomic mass is 10.1. The normalized spacial score (nSPS) is 16.7. The lowest BCUT2D eigenvalue weighted by Gasteiger charge is -2.13. The van der Waals surface area contributed by atoms with Crippen LogP contribution in [0.5, 0.6) is 5.75 Å². The topological polar surface area (TPSA) is 41.9 Å². The fourth-order valence-electron chi connectivity index (χ4n) is 3.14. The molecule has 144 valence electrons. The van der Waals surface area contributed by atoms with E-state index >= 15 is 0 Å². The molecule has 0 aromatic heterocycles. The van der Waals surface area contributed by atoms with Crippen molar-refractivity contribution in [3.63, 3.8) is 0 Å². The minimum absolute atomic E-state index is 0.0651. The third kappa shape index (κ3) is 3.96. The molecule has 0 bridgehead atoms. The molecule has 1 heterocycles. The molecular formula is C24H20N2O2S. The Kier molecular flexibility index (Phi) is 5.49. The highest BCUT2D eigenvalue weighted by atomic mass is 32.2. The van der Waals surface area contributed by atoms with E-state index in [2.05, 4.69) is 18.7 Å². The summed E-state index contributed by atoms with van der Waals surface area (Å²) in [6.45, 7) is 4.20. The van der Waals surface area contributed by atoms with Crippen molar-refractivity contribution in [3.8, 4) is 5.75 Å². The van der Waals surface area contributed by atoms with Gasteiger partial charge in [-0.3, -0.25) is 9.69 Å². The van der Waals surface area contributed by atoms with Gasteiger partial charge < -0.3 is 4.74 Å². The summed E-state index contributed by atoms with van der Waals surface area (Å²) < 4.78 is 5.20. The van der Waals surface area contributed by atoms with E-state index in [4.69, 9.17) is 9.73 Å². The number of benzene rings is 3. The number of amidine groups is 1. The Balaban J connectivity index is 1.72. The molecule has 5 heteroatoms. The number of rotatable bonds is 5. The molecule has 1 aliphatic heterocycles. The number of amides is 1. The second-order valence-electron chi connectivity index (χ2n) is 6.48. The quantitative estimate of drug-likeness (QED) is 0.411. The van der Waals surface area contributed by atoms with Gasteiger partial charge in [0.05, 0.1) is 17.7 Å². The van der Waals surface area contributed by atoms with Crippen LogP contribution in [0.15, 0.2) is 89.3 Å². The first-order chi connectivity index (χ1) is 14.2. The number of fused-ring (bicyclic) bond motifs is 1. The van der Waals surface area contributed by atoms with E-state index in [1.807, 2.05) is 60.7 Å². The van der Waals surface area contributed by atoms with Crippen LogP contribution in [-0.2, 0) is 4.79 Å². The molecule has 0 radical (unpaired) electrons. The number of hydrogen-bond acceptors (Lipinski definition) is 4. The van der Waals surface area contributed by atoms with Crippen molar-refractivity contribution >= 4 is 45.4 Å². The zero-order chi connectivity index (χ0) is 20.2. The number of carbonyl (C=O) groups excluding carboxylic acids is 1. The van der Waals surface area contributed by atoms with Gasteiger partial charge >= 0.3 is 0 Å². The second-order valence-corrected chi connectivity index (χ2v) is 7.49. The maximum atomic E-state index is 13.0. The number of aliphatic imine (C=N–C) groups is 1. The van der Waals surface area contributed by atoms with Crippen molar-refractivity contribution in [3.05, 3.63) is 89.9 Å². The van der Waals surface area contributed by atoms with Gasteiger partial charge in [-0.1, -0.05) is 54.6 Å². The Morgan fingerprint density at radius 1 is 1.07 bits per heavy atom. The first-order valence-corrected chi connectivity index (χ1v) is 10.0. The van der Waals surface area contributed by atoms with Crippen LogP contribution in [0.2, 0.25) is 0 Å². The maximum Gasteiger partial charge on any atom is 0.267 e. The molecule has 1 fully saturated rings. The standard InChI is InChI=1S/C24H20N2O2S/c1-3-15-26-23(27)22(16-17-11-13-19(28-2)14-12-17)29-24(26)25-21-10-6-8-18-7-4-5-9-20(18)21/h3-14,16H,1,15H2,2H3/b22-16-,25-24?. The number of hydrogen-bond donors (Lipinski definition) is 0. The second kappa shape index (κ2) is 8.37. The molecule has 0 saturated carbocycles. The predicted molar refractivity (Wildman–Crippen MR) is 122 cm³/mol. The summed E-state index contributed by atoms with van der Waals surface area (Å²) in [7, 11) is 1.63. The summed E-state index contributed by atoms with van der Waals surface area (Å²) in [5.74, 6) is 0.716. The minimum Gasteiger partial charge on any atom is -0.497 e. The molecule has 1 amide bonds. The van der Waals surface area contributed by atoms with Crippen LogP contribution in [0.3, 0.4) is 0 Å². The van der Waals surface area contributed by atoms with E-state index in [9.17, 15) is 4.79 Å². The number of methoxy groups -OCH3 is 1. The molecule has 1 saturated heterocycles. The van der Waals surface area contributed by atoms with Crippen molar-refractivity contribution in [2.75, 3.05) is 13.7 Å². The van der Waals surface area contributed by atoms with Gasteiger partial charge in [0.1, 0.15) is 5.75 Å². The van der Waals surface area contributed by atoms with E-state index in [1.54, 1.807) is 18.1 Å². The van der Waals surface area contributed by atoms with Crippen molar-refractivity contribution in [1.29, 1.82) is 0 Å². The van der Waals surface area contributed by atoms with Crippen LogP contribution in [0.25, 0.3) is 16.8 Å². The van der Waals surface area contributed by atoms with Gasteiger partial charge in [0.15, 0.2) is 5.17 Å². The number of ether oxygens (including phenoxy) is 1. The van der Waals surface area contributed by atoms with Crippen LogP contribution in [0, 0.1) is 0 Å². The van der Waals surface area contributed by atoms with Gasteiger partial charge in [0, 0.05) is 11.9 Å². The molecule has 1 aliphatic rings. The van der Waals surface area contributed by atoms with Gasteiger partial charge in [-0.25, -0.2) is 4.99 Å². The van der Waals surface area contributed by atoms with E-state index in [0.717, 1.165) is 27.8 Å². The van der Waals surface area contributed by atoms with Gasteiger partial charge in [-0.15, -0.1) is 6.58 Å². The molecule has 0 N–H and O–H groups in total. The highest BCUT2D eigenvalue weighted by Gasteiger charge is 2.32. The SMILES string of the molecule is C=CCN1C(=O)/C(=C/c2ccc(OC)cc2)SC1=Nc1cccc2ccccc12. The lowest BCUT2D eigenvalue weighted by molar-refractivity contribution is -0.121. The first kappa shape index (κ1) is 19.0. The Labute approximate surface area is 174 Å². The fourth-order valence-corrected chi connectivity index (χ4v) is 4.14. The summed E-state index contributed by atoms with van der Waals surface area (Å²) in [4.78, 5) is 20.1. The van der Waals surface area contributed by atoms with E-state index in [1.165, 1.54) is 11.8 Å². The largest absolute Gasteiger partial charge is 0.497 e. The highest BCUT2D eigenvalue weighted by molar-refractivity contribution is 8.18. The van der Waals surface area contributed by atoms with Crippen LogP contribution in [-0.4, -0.2) is 29.6 Å². The number of carbonyl (C=O) groups is 1. The Morgan fingerprint density at radius 3 is 2.59 bits per heavy atom. The molecule has 0 unspecified atom stereocenters. The van der Waals surface area contributed by atoms with E-state index in [-0.39, 0.29) is 5.91 Å². The number of nitrogens with zero attached hydrogens (tertiary/aromatic N) is 2. The van der Waals surface area contributed by atoms with Gasteiger partial charge in [0.2, 0.25) is 0 Å². The highest BCUT2D eigenvalue weighted by Crippen LogP contribution is 2.35. The van der Waals surface area contributed by atoms with Gasteiger partial charge in [0.25, 0.3) is 5.91 Å². The third-order valence-electron chi connectivity index (χ3n) is 4.60. The molecule has 0 atom stereocenters. The lowest BCUT2D eigenvalue weighted by Crippen LogP contribution is -2.29. The monoisotopic (exact) mass is 400 g/mol. The summed E-state index contributed by atoms with van der Waals surface area (Å²) in [6, 6.07) is 21.7. The van der Waals surface area contributed by atoms with E-state index in [0.29, 0.717) is 16.6 Å². The summed E-state index contributed by atoms with van der Waals surface area (Å²) in [6.07, 6.45) is 3.60. The zero-order valence-electron chi connectivity index (χ0n) is 16.0. The van der Waals surface area contributed by atoms with Crippen LogP contribution in [0.4, 0.5) is 5.69 Å². The van der Waals surface area contributed by atoms with Gasteiger partial charge in [-0.05, 0) is 47.0 Å². The van der Waals surface area contributed by atoms with Crippen molar-refractivity contribution in [1.82, 2.24) is 4.90 Å². The van der Waals surface area contributed by atoms with Crippen molar-refractivity contribution in [2.45, 2.75) is 0 Å². The summed E-state index contributed by atoms with van der Waals surface area (Å²) in [5, 5.41) is 2.83. The molecule has 3 aromatic carbocycles. The molecule has 4 nitrogen and oxygen atoms in total. The Morgan fingerprint density at radius 2 is 1.83 bits per heavy atom. The molecule has 0 aliphatic carbocycles. The van der Waals surface area contributed by atoms with Crippen molar-refractivity contribution in [2.24, 2.45) is 4.99 Å². The average Bonchev–Trinajstić information content (AvgIpc) is 3.04. The summed E-state index contributed by atoms with van der Waals surface area (Å²) >= 11 is 1.38.